The lowest BCUT2D eigenvalue weighted by Gasteiger charge is -2.27. The van der Waals surface area contributed by atoms with E-state index in [-0.39, 0.29) is 11.9 Å². The highest BCUT2D eigenvalue weighted by Crippen LogP contribution is 2.32. The van der Waals surface area contributed by atoms with Crippen LogP contribution in [0.15, 0.2) is 0 Å². The number of carbonyl (C=O) groups is 2. The number of carbonyl (C=O) groups excluding carboxylic acids is 2. The van der Waals surface area contributed by atoms with Crippen molar-refractivity contribution in [3.63, 3.8) is 0 Å². The molecule has 0 aromatic rings. The quantitative estimate of drug-likeness (QED) is 0.779. The molecule has 2 saturated carbocycles. The van der Waals surface area contributed by atoms with Crippen molar-refractivity contribution in [1.82, 2.24) is 5.32 Å². The Labute approximate surface area is 115 Å². The van der Waals surface area contributed by atoms with E-state index in [0.29, 0.717) is 12.3 Å². The molecule has 19 heavy (non-hydrogen) atoms. The van der Waals surface area contributed by atoms with Gasteiger partial charge in [-0.05, 0) is 25.2 Å². The van der Waals surface area contributed by atoms with E-state index in [1.807, 2.05) is 0 Å². The van der Waals surface area contributed by atoms with Crippen LogP contribution >= 0.6 is 0 Å². The minimum Gasteiger partial charge on any atom is -0.467 e. The van der Waals surface area contributed by atoms with Crippen molar-refractivity contribution in [1.29, 1.82) is 0 Å². The molecule has 0 unspecified atom stereocenters. The number of ether oxygens (including phenoxy) is 1. The Kier molecular flexibility index (Phi) is 4.83. The number of esters is 1. The van der Waals surface area contributed by atoms with Gasteiger partial charge in [-0.3, -0.25) is 4.79 Å². The van der Waals surface area contributed by atoms with Gasteiger partial charge in [0, 0.05) is 6.42 Å². The number of nitrogens with one attached hydrogen (secondary N) is 1. The molecule has 0 aliphatic heterocycles. The Morgan fingerprint density at radius 2 is 1.79 bits per heavy atom. The lowest BCUT2D eigenvalue weighted by molar-refractivity contribution is -0.150. The van der Waals surface area contributed by atoms with Crippen molar-refractivity contribution >= 4 is 11.9 Å². The fourth-order valence-electron chi connectivity index (χ4n) is 3.52. The van der Waals surface area contributed by atoms with Crippen molar-refractivity contribution in [3.05, 3.63) is 0 Å². The zero-order chi connectivity index (χ0) is 13.7. The highest BCUT2D eigenvalue weighted by Gasteiger charge is 2.43. The van der Waals surface area contributed by atoms with Gasteiger partial charge >= 0.3 is 5.97 Å². The summed E-state index contributed by atoms with van der Waals surface area (Å²) in [5, 5.41) is 2.95. The van der Waals surface area contributed by atoms with Gasteiger partial charge < -0.3 is 10.1 Å². The van der Waals surface area contributed by atoms with E-state index in [4.69, 9.17) is 4.74 Å². The standard InChI is InChI=1S/C15H25NO3/c1-19-14(18)15(10-4-5-11-15)16-13(17)9-8-12-6-2-3-7-12/h12H,2-11H2,1H3,(H,16,17). The third-order valence-corrected chi connectivity index (χ3v) is 4.67. The lowest BCUT2D eigenvalue weighted by atomic mass is 9.96. The Hall–Kier alpha value is -1.06. The van der Waals surface area contributed by atoms with Gasteiger partial charge in [-0.2, -0.15) is 0 Å². The molecule has 4 nitrogen and oxygen atoms in total. The molecule has 0 atom stereocenters. The van der Waals surface area contributed by atoms with Gasteiger partial charge in [-0.1, -0.05) is 38.5 Å². The summed E-state index contributed by atoms with van der Waals surface area (Å²) in [4.78, 5) is 24.0. The minimum atomic E-state index is -0.735. The molecule has 0 aromatic heterocycles. The van der Waals surface area contributed by atoms with Crippen LogP contribution in [0.5, 0.6) is 0 Å². The second kappa shape index (κ2) is 6.40. The summed E-state index contributed by atoms with van der Waals surface area (Å²) < 4.78 is 4.86. The SMILES string of the molecule is COC(=O)C1(NC(=O)CCC2CCCC2)CCCC1. The average molecular weight is 267 g/mol. The van der Waals surface area contributed by atoms with Gasteiger partial charge in [0.25, 0.3) is 0 Å². The van der Waals surface area contributed by atoms with E-state index < -0.39 is 5.54 Å². The molecule has 0 spiro atoms. The molecular formula is C15H25NO3. The number of rotatable bonds is 5. The van der Waals surface area contributed by atoms with E-state index in [0.717, 1.165) is 32.1 Å². The molecule has 1 N–H and O–H groups in total. The highest BCUT2D eigenvalue weighted by molar-refractivity contribution is 5.88. The Bertz CT molecular complexity index is 328. The Morgan fingerprint density at radius 3 is 2.37 bits per heavy atom. The maximum absolute atomic E-state index is 12.1. The predicted molar refractivity (Wildman–Crippen MR) is 72.5 cm³/mol. The van der Waals surface area contributed by atoms with E-state index in [2.05, 4.69) is 5.32 Å². The normalized spacial score (nSPS) is 22.4. The van der Waals surface area contributed by atoms with Crippen LogP contribution in [0.4, 0.5) is 0 Å². The highest BCUT2D eigenvalue weighted by atomic mass is 16.5. The first-order valence-electron chi connectivity index (χ1n) is 7.56. The van der Waals surface area contributed by atoms with Crippen LogP contribution in [0.1, 0.15) is 64.2 Å². The van der Waals surface area contributed by atoms with Crippen LogP contribution < -0.4 is 5.32 Å². The largest absolute Gasteiger partial charge is 0.467 e. The van der Waals surface area contributed by atoms with Crippen LogP contribution in [-0.4, -0.2) is 24.5 Å². The molecule has 4 heteroatoms. The monoisotopic (exact) mass is 267 g/mol. The van der Waals surface area contributed by atoms with Crippen molar-refractivity contribution < 1.29 is 14.3 Å². The van der Waals surface area contributed by atoms with Crippen LogP contribution in [0.25, 0.3) is 0 Å². The molecule has 0 bridgehead atoms. The predicted octanol–water partition coefficient (Wildman–Crippen LogP) is 2.56. The molecule has 2 aliphatic rings. The van der Waals surface area contributed by atoms with Crippen molar-refractivity contribution in [3.8, 4) is 0 Å². The number of hydrogen-bond donors (Lipinski definition) is 1. The zero-order valence-corrected chi connectivity index (χ0v) is 11.9. The fraction of sp³-hybridized carbons (Fsp3) is 0.867. The van der Waals surface area contributed by atoms with E-state index >= 15 is 0 Å². The first kappa shape index (κ1) is 14.4. The Balaban J connectivity index is 1.83. The molecule has 0 radical (unpaired) electrons. The van der Waals surface area contributed by atoms with Gasteiger partial charge in [-0.25, -0.2) is 4.79 Å². The second-order valence-electron chi connectivity index (χ2n) is 6.02. The van der Waals surface area contributed by atoms with Gasteiger partial charge in [0.15, 0.2) is 0 Å². The average Bonchev–Trinajstić information content (AvgIpc) is 3.07. The Morgan fingerprint density at radius 1 is 1.16 bits per heavy atom. The number of amides is 1. The summed E-state index contributed by atoms with van der Waals surface area (Å²) in [5.74, 6) is 0.446. The van der Waals surface area contributed by atoms with Crippen LogP contribution in [0, 0.1) is 5.92 Å². The molecular weight excluding hydrogens is 242 g/mol. The van der Waals surface area contributed by atoms with Gasteiger partial charge in [0.2, 0.25) is 5.91 Å². The molecule has 2 rings (SSSR count). The number of methoxy groups -OCH3 is 1. The first-order chi connectivity index (χ1) is 9.16. The molecule has 0 saturated heterocycles. The van der Waals surface area contributed by atoms with Crippen molar-refractivity contribution in [2.45, 2.75) is 69.7 Å². The first-order valence-corrected chi connectivity index (χ1v) is 7.56. The summed E-state index contributed by atoms with van der Waals surface area (Å²) in [6.07, 6.45) is 10.0. The molecule has 108 valence electrons. The summed E-state index contributed by atoms with van der Waals surface area (Å²) in [5.41, 5.74) is -0.735. The molecule has 1 amide bonds. The summed E-state index contributed by atoms with van der Waals surface area (Å²) in [6.45, 7) is 0. The molecule has 2 fully saturated rings. The lowest BCUT2D eigenvalue weighted by Crippen LogP contribution is -2.53. The van der Waals surface area contributed by atoms with E-state index in [1.54, 1.807) is 0 Å². The topological polar surface area (TPSA) is 55.4 Å². The van der Waals surface area contributed by atoms with E-state index in [1.165, 1.54) is 32.8 Å². The summed E-state index contributed by atoms with van der Waals surface area (Å²) >= 11 is 0. The maximum atomic E-state index is 12.1. The zero-order valence-electron chi connectivity index (χ0n) is 11.9. The van der Waals surface area contributed by atoms with Gasteiger partial charge in [0.05, 0.1) is 7.11 Å². The van der Waals surface area contributed by atoms with E-state index in [9.17, 15) is 9.59 Å². The summed E-state index contributed by atoms with van der Waals surface area (Å²) in [6, 6.07) is 0. The smallest absolute Gasteiger partial charge is 0.331 e. The van der Waals surface area contributed by atoms with Crippen LogP contribution in [0.3, 0.4) is 0 Å². The molecule has 2 aliphatic carbocycles. The van der Waals surface area contributed by atoms with Crippen molar-refractivity contribution in [2.24, 2.45) is 5.92 Å². The summed E-state index contributed by atoms with van der Waals surface area (Å²) in [7, 11) is 1.40. The third kappa shape index (κ3) is 3.48. The fourth-order valence-corrected chi connectivity index (χ4v) is 3.52. The third-order valence-electron chi connectivity index (χ3n) is 4.67. The van der Waals surface area contributed by atoms with Gasteiger partial charge in [0.1, 0.15) is 5.54 Å². The maximum Gasteiger partial charge on any atom is 0.331 e. The van der Waals surface area contributed by atoms with Crippen LogP contribution in [-0.2, 0) is 14.3 Å². The minimum absolute atomic E-state index is 0.0131. The number of hydrogen-bond acceptors (Lipinski definition) is 3. The van der Waals surface area contributed by atoms with Crippen LogP contribution in [0.2, 0.25) is 0 Å². The molecule has 0 aromatic carbocycles. The second-order valence-corrected chi connectivity index (χ2v) is 6.02. The van der Waals surface area contributed by atoms with Gasteiger partial charge in [-0.15, -0.1) is 0 Å². The molecule has 0 heterocycles. The van der Waals surface area contributed by atoms with Crippen molar-refractivity contribution in [2.75, 3.05) is 7.11 Å².